The van der Waals surface area contributed by atoms with E-state index in [1.165, 1.54) is 19.3 Å². The molecule has 4 nitrogen and oxygen atoms in total. The van der Waals surface area contributed by atoms with E-state index in [9.17, 15) is 9.59 Å². The summed E-state index contributed by atoms with van der Waals surface area (Å²) in [5.41, 5.74) is -0.430. The summed E-state index contributed by atoms with van der Waals surface area (Å²) in [6.07, 6.45) is 7.43. The highest BCUT2D eigenvalue weighted by Gasteiger charge is 2.37. The average Bonchev–Trinajstić information content (AvgIpc) is 2.52. The molecule has 1 aliphatic rings. The standard InChI is InChI=1S/C17H30O4/c1-5-13(3)16(19)20-12-15(18)21-17(4,6-2)14-10-8-7-9-11-14/h13-14H,5-12H2,1-4H3. The average molecular weight is 298 g/mol. The van der Waals surface area contributed by atoms with Gasteiger partial charge < -0.3 is 9.47 Å². The Morgan fingerprint density at radius 3 is 2.33 bits per heavy atom. The van der Waals surface area contributed by atoms with Crippen LogP contribution in [0.3, 0.4) is 0 Å². The van der Waals surface area contributed by atoms with E-state index in [1.807, 2.05) is 20.8 Å². The molecule has 0 aromatic heterocycles. The van der Waals surface area contributed by atoms with Crippen LogP contribution >= 0.6 is 0 Å². The van der Waals surface area contributed by atoms with Crippen LogP contribution in [0.4, 0.5) is 0 Å². The molecular weight excluding hydrogens is 268 g/mol. The predicted octanol–water partition coefficient (Wildman–Crippen LogP) is 3.87. The highest BCUT2D eigenvalue weighted by molar-refractivity contribution is 5.77. The molecule has 0 N–H and O–H groups in total. The molecule has 0 aromatic carbocycles. The molecule has 0 saturated heterocycles. The van der Waals surface area contributed by atoms with Gasteiger partial charge in [0.1, 0.15) is 5.60 Å². The Labute approximate surface area is 128 Å². The van der Waals surface area contributed by atoms with Gasteiger partial charge >= 0.3 is 11.9 Å². The number of carbonyl (C=O) groups excluding carboxylic acids is 2. The Bertz CT molecular complexity index is 347. The molecule has 4 heteroatoms. The number of hydrogen-bond donors (Lipinski definition) is 0. The van der Waals surface area contributed by atoms with Gasteiger partial charge in [0.05, 0.1) is 5.92 Å². The zero-order valence-electron chi connectivity index (χ0n) is 13.9. The fourth-order valence-electron chi connectivity index (χ4n) is 2.89. The minimum atomic E-state index is -0.430. The van der Waals surface area contributed by atoms with Gasteiger partial charge in [-0.15, -0.1) is 0 Å². The van der Waals surface area contributed by atoms with E-state index in [4.69, 9.17) is 9.47 Å². The number of rotatable bonds is 7. The highest BCUT2D eigenvalue weighted by Crippen LogP contribution is 2.37. The molecule has 0 bridgehead atoms. The third-order valence-corrected chi connectivity index (χ3v) is 4.86. The monoisotopic (exact) mass is 298 g/mol. The van der Waals surface area contributed by atoms with E-state index >= 15 is 0 Å². The van der Waals surface area contributed by atoms with Crippen LogP contribution in [-0.2, 0) is 19.1 Å². The van der Waals surface area contributed by atoms with Crippen LogP contribution < -0.4 is 0 Å². The van der Waals surface area contributed by atoms with Crippen molar-refractivity contribution in [3.63, 3.8) is 0 Å². The minimum absolute atomic E-state index is 0.172. The molecule has 0 radical (unpaired) electrons. The fraction of sp³-hybridized carbons (Fsp3) is 0.882. The Hall–Kier alpha value is -1.06. The van der Waals surface area contributed by atoms with Crippen molar-refractivity contribution in [3.05, 3.63) is 0 Å². The van der Waals surface area contributed by atoms with Gasteiger partial charge in [0.25, 0.3) is 0 Å². The van der Waals surface area contributed by atoms with Crippen LogP contribution in [-0.4, -0.2) is 24.1 Å². The van der Waals surface area contributed by atoms with Crippen LogP contribution in [0.25, 0.3) is 0 Å². The van der Waals surface area contributed by atoms with Gasteiger partial charge in [0.2, 0.25) is 0 Å². The molecule has 21 heavy (non-hydrogen) atoms. The molecule has 0 aromatic rings. The van der Waals surface area contributed by atoms with Crippen LogP contribution in [0.2, 0.25) is 0 Å². The van der Waals surface area contributed by atoms with E-state index in [0.717, 1.165) is 19.3 Å². The van der Waals surface area contributed by atoms with Crippen molar-refractivity contribution >= 4 is 11.9 Å². The largest absolute Gasteiger partial charge is 0.457 e. The normalized spacial score (nSPS) is 20.4. The molecule has 122 valence electrons. The maximum absolute atomic E-state index is 12.0. The van der Waals surface area contributed by atoms with Gasteiger partial charge in [0.15, 0.2) is 6.61 Å². The van der Waals surface area contributed by atoms with Crippen LogP contribution in [0, 0.1) is 11.8 Å². The first-order valence-corrected chi connectivity index (χ1v) is 8.31. The summed E-state index contributed by atoms with van der Waals surface area (Å²) in [7, 11) is 0. The van der Waals surface area contributed by atoms with Crippen molar-refractivity contribution in [1.29, 1.82) is 0 Å². The van der Waals surface area contributed by atoms with Crippen LogP contribution in [0.5, 0.6) is 0 Å². The first-order chi connectivity index (χ1) is 9.92. The van der Waals surface area contributed by atoms with Crippen molar-refractivity contribution in [3.8, 4) is 0 Å². The summed E-state index contributed by atoms with van der Waals surface area (Å²) < 4.78 is 10.7. The fourth-order valence-corrected chi connectivity index (χ4v) is 2.89. The quantitative estimate of drug-likeness (QED) is 0.670. The molecule has 1 rings (SSSR count). The lowest BCUT2D eigenvalue weighted by Gasteiger charge is -2.38. The smallest absolute Gasteiger partial charge is 0.344 e. The lowest BCUT2D eigenvalue weighted by Crippen LogP contribution is -2.41. The summed E-state index contributed by atoms with van der Waals surface area (Å²) in [6.45, 7) is 7.50. The van der Waals surface area contributed by atoms with Gasteiger partial charge in [-0.1, -0.05) is 40.0 Å². The molecule has 2 unspecified atom stereocenters. The first-order valence-electron chi connectivity index (χ1n) is 8.31. The van der Waals surface area contributed by atoms with Crippen molar-refractivity contribution < 1.29 is 19.1 Å². The molecular formula is C17H30O4. The van der Waals surface area contributed by atoms with Gasteiger partial charge in [-0.25, -0.2) is 4.79 Å². The zero-order chi connectivity index (χ0) is 15.9. The van der Waals surface area contributed by atoms with Crippen LogP contribution in [0.15, 0.2) is 0 Å². The van der Waals surface area contributed by atoms with Crippen molar-refractivity contribution in [2.45, 2.75) is 78.2 Å². The van der Waals surface area contributed by atoms with Gasteiger partial charge in [0, 0.05) is 0 Å². The van der Waals surface area contributed by atoms with Gasteiger partial charge in [-0.2, -0.15) is 0 Å². The summed E-state index contributed by atoms with van der Waals surface area (Å²) in [5, 5.41) is 0. The topological polar surface area (TPSA) is 52.6 Å². The number of carbonyl (C=O) groups is 2. The molecule has 1 fully saturated rings. The minimum Gasteiger partial charge on any atom is -0.457 e. The van der Waals surface area contributed by atoms with Gasteiger partial charge in [-0.05, 0) is 38.5 Å². The predicted molar refractivity (Wildman–Crippen MR) is 81.8 cm³/mol. The molecule has 1 aliphatic carbocycles. The maximum atomic E-state index is 12.0. The van der Waals surface area contributed by atoms with Crippen molar-refractivity contribution in [1.82, 2.24) is 0 Å². The molecule has 0 heterocycles. The Kier molecular flexibility index (Phi) is 7.20. The maximum Gasteiger partial charge on any atom is 0.344 e. The second-order valence-electron chi connectivity index (χ2n) is 6.39. The second-order valence-corrected chi connectivity index (χ2v) is 6.39. The zero-order valence-corrected chi connectivity index (χ0v) is 13.9. The van der Waals surface area contributed by atoms with Crippen LogP contribution in [0.1, 0.15) is 72.6 Å². The summed E-state index contributed by atoms with van der Waals surface area (Å²) >= 11 is 0. The number of esters is 2. The third-order valence-electron chi connectivity index (χ3n) is 4.86. The van der Waals surface area contributed by atoms with Gasteiger partial charge in [-0.3, -0.25) is 4.79 Å². The number of ether oxygens (including phenoxy) is 2. The lowest BCUT2D eigenvalue weighted by molar-refractivity contribution is -0.176. The SMILES string of the molecule is CCC(C)C(=O)OCC(=O)OC(C)(CC)C1CCCCC1. The second kappa shape index (κ2) is 8.40. The Balaban J connectivity index is 2.48. The summed E-state index contributed by atoms with van der Waals surface area (Å²) in [4.78, 5) is 23.6. The van der Waals surface area contributed by atoms with E-state index in [1.54, 1.807) is 6.92 Å². The summed E-state index contributed by atoms with van der Waals surface area (Å²) in [6, 6.07) is 0. The number of hydrogen-bond acceptors (Lipinski definition) is 4. The molecule has 0 amide bonds. The lowest BCUT2D eigenvalue weighted by atomic mass is 9.76. The Morgan fingerprint density at radius 1 is 1.19 bits per heavy atom. The third kappa shape index (κ3) is 5.33. The molecule has 0 aliphatic heterocycles. The Morgan fingerprint density at radius 2 is 1.81 bits per heavy atom. The molecule has 0 spiro atoms. The molecule has 2 atom stereocenters. The van der Waals surface area contributed by atoms with Crippen molar-refractivity contribution in [2.24, 2.45) is 11.8 Å². The highest BCUT2D eigenvalue weighted by atomic mass is 16.6. The van der Waals surface area contributed by atoms with E-state index in [-0.39, 0.29) is 18.5 Å². The molecule has 1 saturated carbocycles. The van der Waals surface area contributed by atoms with E-state index < -0.39 is 11.6 Å². The summed E-state index contributed by atoms with van der Waals surface area (Å²) in [5.74, 6) is -0.508. The first kappa shape index (κ1) is 18.0. The van der Waals surface area contributed by atoms with E-state index in [0.29, 0.717) is 12.3 Å². The van der Waals surface area contributed by atoms with Crippen molar-refractivity contribution in [2.75, 3.05) is 6.61 Å². The van der Waals surface area contributed by atoms with E-state index in [2.05, 4.69) is 0 Å².